The van der Waals surface area contributed by atoms with Crippen LogP contribution < -0.4 is 5.73 Å². The molecular formula is C7H8F3N3. The normalized spacial score (nSPS) is 19.9. The van der Waals surface area contributed by atoms with Crippen LogP contribution in [0.1, 0.15) is 0 Å². The quantitative estimate of drug-likeness (QED) is 0.676. The highest BCUT2D eigenvalue weighted by Crippen LogP contribution is 2.19. The first-order valence-corrected chi connectivity index (χ1v) is 3.48. The molecule has 6 heteroatoms. The van der Waals surface area contributed by atoms with E-state index in [0.29, 0.717) is 0 Å². The minimum Gasteiger partial charge on any atom is -0.403 e. The summed E-state index contributed by atoms with van der Waals surface area (Å²) in [7, 11) is 0. The summed E-state index contributed by atoms with van der Waals surface area (Å²) in [6.07, 6.45) is 0.610. The fourth-order valence-corrected chi connectivity index (χ4v) is 0.875. The van der Waals surface area contributed by atoms with E-state index in [1.54, 1.807) is 0 Å². The van der Waals surface area contributed by atoms with Crippen LogP contribution in [0.15, 0.2) is 29.3 Å². The third-order valence-corrected chi connectivity index (χ3v) is 1.39. The van der Waals surface area contributed by atoms with Crippen LogP contribution in [0.3, 0.4) is 0 Å². The molecule has 1 heterocycles. The van der Waals surface area contributed by atoms with Gasteiger partial charge in [-0.1, -0.05) is 0 Å². The molecule has 0 amide bonds. The van der Waals surface area contributed by atoms with Crippen molar-refractivity contribution in [3.63, 3.8) is 0 Å². The second kappa shape index (κ2) is 3.51. The van der Waals surface area contributed by atoms with E-state index < -0.39 is 12.7 Å². The van der Waals surface area contributed by atoms with Gasteiger partial charge < -0.3 is 10.6 Å². The maximum Gasteiger partial charge on any atom is 0.406 e. The van der Waals surface area contributed by atoms with Gasteiger partial charge in [-0.15, -0.1) is 0 Å². The van der Waals surface area contributed by atoms with Crippen LogP contribution in [0, 0.1) is 0 Å². The molecule has 0 aliphatic carbocycles. The van der Waals surface area contributed by atoms with Crippen LogP contribution in [0.4, 0.5) is 13.2 Å². The van der Waals surface area contributed by atoms with Crippen LogP contribution in [-0.2, 0) is 0 Å². The number of alkyl halides is 3. The number of nitrogens with two attached hydrogens (primary N) is 1. The summed E-state index contributed by atoms with van der Waals surface area (Å²) in [6.45, 7) is -1.06. The lowest BCUT2D eigenvalue weighted by molar-refractivity contribution is -0.136. The molecule has 2 N–H and O–H groups in total. The van der Waals surface area contributed by atoms with Gasteiger partial charge in [0.2, 0.25) is 0 Å². The average molecular weight is 191 g/mol. The van der Waals surface area contributed by atoms with Crippen LogP contribution >= 0.6 is 0 Å². The molecule has 1 aliphatic heterocycles. The molecule has 0 aromatic heterocycles. The molecule has 0 spiro atoms. The van der Waals surface area contributed by atoms with Crippen molar-refractivity contribution in [3.8, 4) is 0 Å². The first kappa shape index (κ1) is 9.63. The summed E-state index contributed by atoms with van der Waals surface area (Å²) >= 11 is 0. The Labute approximate surface area is 73.0 Å². The molecule has 3 nitrogen and oxygen atoms in total. The van der Waals surface area contributed by atoms with Gasteiger partial charge in [-0.05, 0) is 0 Å². The van der Waals surface area contributed by atoms with E-state index in [1.165, 1.54) is 18.6 Å². The minimum absolute atomic E-state index is 0.236. The Morgan fingerprint density at radius 3 is 2.77 bits per heavy atom. The van der Waals surface area contributed by atoms with Gasteiger partial charge in [0, 0.05) is 18.6 Å². The summed E-state index contributed by atoms with van der Waals surface area (Å²) in [4.78, 5) is 4.63. The maximum absolute atomic E-state index is 12.0. The van der Waals surface area contributed by atoms with E-state index in [4.69, 9.17) is 5.73 Å². The Hall–Kier alpha value is -1.46. The van der Waals surface area contributed by atoms with E-state index in [9.17, 15) is 13.2 Å². The Bertz CT molecular complexity index is 265. The summed E-state index contributed by atoms with van der Waals surface area (Å²) < 4.78 is 35.9. The Kier molecular flexibility index (Phi) is 2.60. The van der Waals surface area contributed by atoms with Crippen molar-refractivity contribution in [1.82, 2.24) is 4.90 Å². The molecule has 0 aromatic carbocycles. The number of nitrogens with zero attached hydrogens (tertiary/aromatic N) is 2. The maximum atomic E-state index is 12.0. The van der Waals surface area contributed by atoms with Crippen molar-refractivity contribution in [3.05, 3.63) is 24.3 Å². The van der Waals surface area contributed by atoms with E-state index >= 15 is 0 Å². The van der Waals surface area contributed by atoms with Crippen LogP contribution in [-0.4, -0.2) is 23.8 Å². The summed E-state index contributed by atoms with van der Waals surface area (Å²) in [6, 6.07) is 0. The van der Waals surface area contributed by atoms with Crippen molar-refractivity contribution in [1.29, 1.82) is 0 Å². The largest absolute Gasteiger partial charge is 0.406 e. The lowest BCUT2D eigenvalue weighted by atomic mass is 10.4. The molecule has 0 radical (unpaired) electrons. The molecule has 0 unspecified atom stereocenters. The highest BCUT2D eigenvalue weighted by molar-refractivity contribution is 5.79. The number of aliphatic imine (C=N–C) groups is 1. The van der Waals surface area contributed by atoms with Gasteiger partial charge in [-0.2, -0.15) is 13.2 Å². The van der Waals surface area contributed by atoms with E-state index in [-0.39, 0.29) is 5.70 Å². The zero-order valence-electron chi connectivity index (χ0n) is 6.62. The highest BCUT2D eigenvalue weighted by atomic mass is 19.4. The lowest BCUT2D eigenvalue weighted by Crippen LogP contribution is -2.31. The molecule has 0 saturated carbocycles. The number of rotatable bonds is 1. The zero-order valence-corrected chi connectivity index (χ0v) is 6.62. The average Bonchev–Trinajstić information content (AvgIpc) is 2.02. The van der Waals surface area contributed by atoms with Gasteiger partial charge in [0.05, 0.1) is 11.9 Å². The molecule has 0 fully saturated rings. The van der Waals surface area contributed by atoms with E-state index in [0.717, 1.165) is 11.1 Å². The van der Waals surface area contributed by atoms with Crippen molar-refractivity contribution < 1.29 is 13.2 Å². The molecule has 0 atom stereocenters. The van der Waals surface area contributed by atoms with Crippen LogP contribution in [0.25, 0.3) is 0 Å². The summed E-state index contributed by atoms with van der Waals surface area (Å²) in [5, 5.41) is 0. The van der Waals surface area contributed by atoms with E-state index in [2.05, 4.69) is 4.99 Å². The number of halogens is 3. The van der Waals surface area contributed by atoms with Crippen molar-refractivity contribution in [2.24, 2.45) is 10.7 Å². The highest BCUT2D eigenvalue weighted by Gasteiger charge is 2.30. The second-order valence-corrected chi connectivity index (χ2v) is 2.41. The fourth-order valence-electron chi connectivity index (χ4n) is 0.875. The van der Waals surface area contributed by atoms with Crippen molar-refractivity contribution in [2.75, 3.05) is 6.54 Å². The fraction of sp³-hybridized carbons (Fsp3) is 0.286. The van der Waals surface area contributed by atoms with E-state index in [1.807, 2.05) is 0 Å². The molecule has 1 aliphatic rings. The monoisotopic (exact) mass is 191 g/mol. The van der Waals surface area contributed by atoms with Gasteiger partial charge in [0.15, 0.2) is 0 Å². The zero-order chi connectivity index (χ0) is 9.90. The first-order chi connectivity index (χ1) is 6.03. The molecular weight excluding hydrogens is 183 g/mol. The minimum atomic E-state index is -4.25. The van der Waals surface area contributed by atoms with Crippen molar-refractivity contribution >= 4 is 6.21 Å². The third kappa shape index (κ3) is 2.81. The summed E-state index contributed by atoms with van der Waals surface area (Å²) in [5.41, 5.74) is 5.35. The van der Waals surface area contributed by atoms with Gasteiger partial charge in [0.1, 0.15) is 6.54 Å². The van der Waals surface area contributed by atoms with Gasteiger partial charge in [-0.3, -0.25) is 4.99 Å². The Morgan fingerprint density at radius 1 is 1.54 bits per heavy atom. The molecule has 13 heavy (non-hydrogen) atoms. The number of hydrogen-bond donors (Lipinski definition) is 1. The number of allylic oxidation sites excluding steroid dienone is 1. The van der Waals surface area contributed by atoms with Crippen molar-refractivity contribution in [2.45, 2.75) is 6.18 Å². The smallest absolute Gasteiger partial charge is 0.403 e. The molecule has 0 aromatic rings. The van der Waals surface area contributed by atoms with Crippen LogP contribution in [0.2, 0.25) is 0 Å². The molecule has 72 valence electrons. The Morgan fingerprint density at radius 2 is 2.23 bits per heavy atom. The SMILES string of the molecule is N/C=C1/C=NC=CN1CC(F)(F)F. The molecule has 1 rings (SSSR count). The lowest BCUT2D eigenvalue weighted by Gasteiger charge is -2.23. The topological polar surface area (TPSA) is 41.6 Å². The van der Waals surface area contributed by atoms with Gasteiger partial charge in [-0.25, -0.2) is 0 Å². The predicted molar refractivity (Wildman–Crippen MR) is 42.7 cm³/mol. The predicted octanol–water partition coefficient (Wildman–Crippen LogP) is 1.21. The third-order valence-electron chi connectivity index (χ3n) is 1.39. The first-order valence-electron chi connectivity index (χ1n) is 3.48. The number of hydrogen-bond acceptors (Lipinski definition) is 3. The van der Waals surface area contributed by atoms with Crippen LogP contribution in [0.5, 0.6) is 0 Å². The standard InChI is InChI=1S/C7H8F3N3/c8-7(9,10)5-13-2-1-12-4-6(13)3-11/h1-4H,5,11H2/b6-3-. The van der Waals surface area contributed by atoms with Gasteiger partial charge >= 0.3 is 6.18 Å². The summed E-state index contributed by atoms with van der Waals surface area (Å²) in [5.74, 6) is 0. The second-order valence-electron chi connectivity index (χ2n) is 2.41. The molecule has 0 bridgehead atoms. The Balaban J connectivity index is 2.70. The molecule has 0 saturated heterocycles. The van der Waals surface area contributed by atoms with Gasteiger partial charge in [0.25, 0.3) is 0 Å².